The van der Waals surface area contributed by atoms with Crippen molar-refractivity contribution in [3.05, 3.63) is 54.0 Å². The van der Waals surface area contributed by atoms with Gasteiger partial charge in [-0.2, -0.15) is 0 Å². The summed E-state index contributed by atoms with van der Waals surface area (Å²) in [4.78, 5) is 13.6. The van der Waals surface area contributed by atoms with Crippen molar-refractivity contribution in [3.8, 4) is 0 Å². The number of hydrogen-bond acceptors (Lipinski definition) is 1. The quantitative estimate of drug-likeness (QED) is 0.826. The van der Waals surface area contributed by atoms with E-state index in [-0.39, 0.29) is 6.03 Å². The number of urea groups is 1. The van der Waals surface area contributed by atoms with E-state index >= 15 is 0 Å². The van der Waals surface area contributed by atoms with Crippen molar-refractivity contribution in [3.63, 3.8) is 0 Å². The van der Waals surface area contributed by atoms with E-state index in [0.29, 0.717) is 13.1 Å². The molecule has 4 heteroatoms. The summed E-state index contributed by atoms with van der Waals surface area (Å²) < 4.78 is 0.852. The molecule has 0 aliphatic rings. The molecule has 0 aliphatic heterocycles. The van der Waals surface area contributed by atoms with Gasteiger partial charge in [0.2, 0.25) is 0 Å². The lowest BCUT2D eigenvalue weighted by atomic mass is 10.3. The molecule has 1 N–H and O–H groups in total. The van der Waals surface area contributed by atoms with Gasteiger partial charge in [-0.3, -0.25) is 0 Å². The third-order valence-corrected chi connectivity index (χ3v) is 2.79. The van der Waals surface area contributed by atoms with E-state index < -0.39 is 0 Å². The zero-order valence-corrected chi connectivity index (χ0v) is 11.1. The van der Waals surface area contributed by atoms with Crippen LogP contribution < -0.4 is 5.32 Å². The van der Waals surface area contributed by atoms with Crippen molar-refractivity contribution in [1.82, 2.24) is 4.90 Å². The Labute approximate surface area is 110 Å². The molecule has 1 aromatic rings. The number of amides is 2. The van der Waals surface area contributed by atoms with Crippen LogP contribution in [-0.4, -0.2) is 24.0 Å². The van der Waals surface area contributed by atoms with Crippen LogP contribution in [-0.2, 0) is 0 Å². The molecule has 3 nitrogen and oxygen atoms in total. The molecule has 1 rings (SSSR count). The first-order chi connectivity index (χ1) is 8.19. The summed E-state index contributed by atoms with van der Waals surface area (Å²) in [6, 6.07) is 7.30. The molecule has 0 saturated carbocycles. The molecule has 90 valence electrons. The molecule has 1 aromatic carbocycles. The van der Waals surface area contributed by atoms with Crippen LogP contribution in [0.1, 0.15) is 0 Å². The number of hydrogen-bond donors (Lipinski definition) is 1. The van der Waals surface area contributed by atoms with Crippen molar-refractivity contribution < 1.29 is 4.79 Å². The molecule has 0 heterocycles. The summed E-state index contributed by atoms with van der Waals surface area (Å²) in [5, 5.41) is 2.82. The molecule has 0 bridgehead atoms. The maximum atomic E-state index is 11.9. The highest BCUT2D eigenvalue weighted by atomic mass is 79.9. The van der Waals surface area contributed by atoms with Crippen LogP contribution in [0.4, 0.5) is 10.5 Å². The minimum absolute atomic E-state index is 0.170. The van der Waals surface area contributed by atoms with Crippen LogP contribution in [0.15, 0.2) is 54.0 Å². The molecule has 0 radical (unpaired) electrons. The van der Waals surface area contributed by atoms with E-state index in [1.807, 2.05) is 24.3 Å². The van der Waals surface area contributed by atoms with Crippen LogP contribution in [0.25, 0.3) is 0 Å². The van der Waals surface area contributed by atoms with E-state index in [1.165, 1.54) is 0 Å². The van der Waals surface area contributed by atoms with E-state index in [1.54, 1.807) is 17.1 Å². The topological polar surface area (TPSA) is 32.3 Å². The highest BCUT2D eigenvalue weighted by molar-refractivity contribution is 9.10. The highest BCUT2D eigenvalue weighted by Crippen LogP contribution is 2.21. The van der Waals surface area contributed by atoms with Gasteiger partial charge in [0.25, 0.3) is 0 Å². The summed E-state index contributed by atoms with van der Waals surface area (Å²) in [6.45, 7) is 8.23. The Morgan fingerprint density at radius 3 is 2.41 bits per heavy atom. The number of benzene rings is 1. The van der Waals surface area contributed by atoms with Crippen LogP contribution in [0.5, 0.6) is 0 Å². The molecule has 0 fully saturated rings. The Hall–Kier alpha value is -1.55. The number of para-hydroxylation sites is 1. The molecule has 0 aliphatic carbocycles. The summed E-state index contributed by atoms with van der Waals surface area (Å²) in [6.07, 6.45) is 3.37. The standard InChI is InChI=1S/C13H15BrN2O/c1-3-9-16(10-4-2)13(17)15-12-8-6-5-7-11(12)14/h3-8H,1-2,9-10H2,(H,15,17). The van der Waals surface area contributed by atoms with E-state index in [0.717, 1.165) is 10.2 Å². The van der Waals surface area contributed by atoms with Crippen molar-refractivity contribution >= 4 is 27.6 Å². The number of carbonyl (C=O) groups is 1. The Morgan fingerprint density at radius 2 is 1.88 bits per heavy atom. The van der Waals surface area contributed by atoms with Gasteiger partial charge in [-0.1, -0.05) is 24.3 Å². The lowest BCUT2D eigenvalue weighted by Gasteiger charge is -2.20. The van der Waals surface area contributed by atoms with Gasteiger partial charge in [-0.05, 0) is 28.1 Å². The first-order valence-electron chi connectivity index (χ1n) is 5.21. The van der Waals surface area contributed by atoms with Crippen LogP contribution in [0, 0.1) is 0 Å². The zero-order chi connectivity index (χ0) is 12.7. The Balaban J connectivity index is 2.72. The molecular formula is C13H15BrN2O. The van der Waals surface area contributed by atoms with Crippen LogP contribution in [0.2, 0.25) is 0 Å². The summed E-state index contributed by atoms with van der Waals surface area (Å²) in [7, 11) is 0. The summed E-state index contributed by atoms with van der Waals surface area (Å²) >= 11 is 3.38. The van der Waals surface area contributed by atoms with Gasteiger partial charge >= 0.3 is 6.03 Å². The normalized spacial score (nSPS) is 9.47. The van der Waals surface area contributed by atoms with Gasteiger partial charge in [-0.15, -0.1) is 13.2 Å². The Morgan fingerprint density at radius 1 is 1.29 bits per heavy atom. The monoisotopic (exact) mass is 294 g/mol. The SMILES string of the molecule is C=CCN(CC=C)C(=O)Nc1ccccc1Br. The predicted octanol–water partition coefficient (Wildman–Crippen LogP) is 3.66. The second-order valence-corrected chi connectivity index (χ2v) is 4.25. The number of carbonyl (C=O) groups excluding carboxylic acids is 1. The molecule has 0 unspecified atom stereocenters. The molecule has 0 atom stereocenters. The molecule has 0 spiro atoms. The molecular weight excluding hydrogens is 280 g/mol. The maximum absolute atomic E-state index is 11.9. The zero-order valence-electron chi connectivity index (χ0n) is 9.53. The predicted molar refractivity (Wildman–Crippen MR) is 75.1 cm³/mol. The minimum atomic E-state index is -0.170. The first kappa shape index (κ1) is 13.5. The second-order valence-electron chi connectivity index (χ2n) is 3.39. The summed E-state index contributed by atoms with van der Waals surface area (Å²) in [5.41, 5.74) is 0.746. The fourth-order valence-electron chi connectivity index (χ4n) is 1.31. The number of rotatable bonds is 5. The fourth-order valence-corrected chi connectivity index (χ4v) is 1.69. The molecule has 0 aromatic heterocycles. The third kappa shape index (κ3) is 4.07. The number of anilines is 1. The third-order valence-electron chi connectivity index (χ3n) is 2.10. The number of nitrogens with one attached hydrogen (secondary N) is 1. The van der Waals surface area contributed by atoms with Crippen molar-refractivity contribution in [1.29, 1.82) is 0 Å². The Kier molecular flexibility index (Phi) is 5.49. The van der Waals surface area contributed by atoms with Crippen molar-refractivity contribution in [2.45, 2.75) is 0 Å². The number of nitrogens with zero attached hydrogens (tertiary/aromatic N) is 1. The van der Waals surface area contributed by atoms with E-state index in [2.05, 4.69) is 34.4 Å². The van der Waals surface area contributed by atoms with Crippen LogP contribution in [0.3, 0.4) is 0 Å². The lowest BCUT2D eigenvalue weighted by Crippen LogP contribution is -2.35. The van der Waals surface area contributed by atoms with Gasteiger partial charge < -0.3 is 10.2 Å². The van der Waals surface area contributed by atoms with Gasteiger partial charge in [0.05, 0.1) is 5.69 Å². The van der Waals surface area contributed by atoms with Crippen molar-refractivity contribution in [2.24, 2.45) is 0 Å². The smallest absolute Gasteiger partial charge is 0.317 e. The molecule has 2 amide bonds. The average molecular weight is 295 g/mol. The van der Waals surface area contributed by atoms with Gasteiger partial charge in [-0.25, -0.2) is 4.79 Å². The average Bonchev–Trinajstić information content (AvgIpc) is 2.32. The maximum Gasteiger partial charge on any atom is 0.322 e. The number of halogens is 1. The van der Waals surface area contributed by atoms with Crippen molar-refractivity contribution in [2.75, 3.05) is 18.4 Å². The van der Waals surface area contributed by atoms with Gasteiger partial charge in [0.15, 0.2) is 0 Å². The lowest BCUT2D eigenvalue weighted by molar-refractivity contribution is 0.222. The van der Waals surface area contributed by atoms with Gasteiger partial charge in [0, 0.05) is 17.6 Å². The molecule has 0 saturated heterocycles. The second kappa shape index (κ2) is 6.91. The minimum Gasteiger partial charge on any atom is -0.317 e. The summed E-state index contributed by atoms with van der Waals surface area (Å²) in [5.74, 6) is 0. The van der Waals surface area contributed by atoms with Crippen LogP contribution >= 0.6 is 15.9 Å². The highest BCUT2D eigenvalue weighted by Gasteiger charge is 2.11. The first-order valence-corrected chi connectivity index (χ1v) is 6.00. The fraction of sp³-hybridized carbons (Fsp3) is 0.154. The van der Waals surface area contributed by atoms with Gasteiger partial charge in [0.1, 0.15) is 0 Å². The van der Waals surface area contributed by atoms with E-state index in [4.69, 9.17) is 0 Å². The van der Waals surface area contributed by atoms with E-state index in [9.17, 15) is 4.79 Å². The Bertz CT molecular complexity index is 408. The largest absolute Gasteiger partial charge is 0.322 e. The molecule has 17 heavy (non-hydrogen) atoms.